The van der Waals surface area contributed by atoms with Crippen LogP contribution in [-0.2, 0) is 19.3 Å². The maximum atomic E-state index is 12.4. The Hall–Kier alpha value is -1.19. The monoisotopic (exact) mass is 420 g/mol. The lowest BCUT2D eigenvalue weighted by Crippen LogP contribution is -2.47. The number of sulfone groups is 1. The largest absolute Gasteiger partial charge is 0.384 e. The van der Waals surface area contributed by atoms with E-state index in [1.165, 1.54) is 19.2 Å². The van der Waals surface area contributed by atoms with Crippen molar-refractivity contribution in [3.8, 4) is 0 Å². The minimum absolute atomic E-state index is 0. The van der Waals surface area contributed by atoms with E-state index in [9.17, 15) is 13.2 Å². The minimum atomic E-state index is -3.39. The molecule has 1 heterocycles. The van der Waals surface area contributed by atoms with Crippen LogP contribution in [0.15, 0.2) is 29.2 Å². The van der Waals surface area contributed by atoms with Crippen LogP contribution in [0.3, 0.4) is 0 Å². The van der Waals surface area contributed by atoms with Gasteiger partial charge >= 0.3 is 0 Å². The van der Waals surface area contributed by atoms with E-state index in [0.29, 0.717) is 18.7 Å². The molecule has 27 heavy (non-hydrogen) atoms. The molecule has 2 N–H and O–H groups in total. The van der Waals surface area contributed by atoms with Crippen LogP contribution < -0.4 is 10.6 Å². The van der Waals surface area contributed by atoms with Crippen LogP contribution in [0.25, 0.3) is 0 Å². The molecule has 1 aliphatic heterocycles. The molecular formula is C18H29ClN2O5S. The summed E-state index contributed by atoms with van der Waals surface area (Å²) in [6.45, 7) is 3.10. The molecule has 0 aromatic heterocycles. The van der Waals surface area contributed by atoms with E-state index in [4.69, 9.17) is 9.47 Å². The highest BCUT2D eigenvalue weighted by Crippen LogP contribution is 2.28. The van der Waals surface area contributed by atoms with E-state index >= 15 is 0 Å². The topological polar surface area (TPSA) is 93.7 Å². The zero-order valence-electron chi connectivity index (χ0n) is 15.8. The van der Waals surface area contributed by atoms with Crippen LogP contribution >= 0.6 is 12.4 Å². The van der Waals surface area contributed by atoms with Gasteiger partial charge in [-0.2, -0.15) is 0 Å². The van der Waals surface area contributed by atoms with Crippen LogP contribution in [0.4, 0.5) is 0 Å². The molecule has 2 rings (SSSR count). The Morgan fingerprint density at radius 3 is 2.33 bits per heavy atom. The zero-order valence-corrected chi connectivity index (χ0v) is 17.5. The number of halogens is 1. The highest BCUT2D eigenvalue weighted by Gasteiger charge is 2.32. The number of amides is 1. The Kier molecular flexibility index (Phi) is 9.69. The van der Waals surface area contributed by atoms with Gasteiger partial charge in [-0.3, -0.25) is 4.79 Å². The van der Waals surface area contributed by atoms with Gasteiger partial charge in [0.15, 0.2) is 9.84 Å². The first-order chi connectivity index (χ1) is 12.4. The van der Waals surface area contributed by atoms with Gasteiger partial charge in [0.05, 0.1) is 23.9 Å². The summed E-state index contributed by atoms with van der Waals surface area (Å²) in [5.41, 5.74) is 0.385. The van der Waals surface area contributed by atoms with Crippen molar-refractivity contribution in [2.45, 2.75) is 17.7 Å². The van der Waals surface area contributed by atoms with E-state index < -0.39 is 9.84 Å². The van der Waals surface area contributed by atoms with Gasteiger partial charge in [-0.1, -0.05) is 0 Å². The second kappa shape index (κ2) is 11.0. The summed E-state index contributed by atoms with van der Waals surface area (Å²) in [6.07, 6.45) is 1.88. The fraction of sp³-hybridized carbons (Fsp3) is 0.611. The number of hydrogen-bond donors (Lipinski definition) is 2. The summed E-state index contributed by atoms with van der Waals surface area (Å²) in [5, 5.41) is 6.29. The van der Waals surface area contributed by atoms with Crippen LogP contribution in [0.1, 0.15) is 23.2 Å². The first-order valence-corrected chi connectivity index (χ1v) is 10.4. The summed E-state index contributed by atoms with van der Waals surface area (Å²) in [7, 11) is -0.257. The summed E-state index contributed by atoms with van der Waals surface area (Å²) >= 11 is 0. The lowest BCUT2D eigenvalue weighted by molar-refractivity contribution is 0.0511. The number of rotatable bonds is 9. The summed E-state index contributed by atoms with van der Waals surface area (Å²) in [5.74, 6) is -0.289. The molecule has 0 saturated carbocycles. The van der Waals surface area contributed by atoms with Crippen molar-refractivity contribution >= 4 is 28.2 Å². The van der Waals surface area contributed by atoms with Gasteiger partial charge < -0.3 is 20.1 Å². The number of ether oxygens (including phenoxy) is 2. The Morgan fingerprint density at radius 1 is 1.15 bits per heavy atom. The van der Waals surface area contributed by atoms with Gasteiger partial charge in [0.25, 0.3) is 5.91 Å². The lowest BCUT2D eigenvalue weighted by Gasteiger charge is -2.37. The fourth-order valence-electron chi connectivity index (χ4n) is 3.13. The number of carbonyl (C=O) groups is 1. The molecule has 1 aliphatic rings. The SMILES string of the molecule is COCCS(=O)(=O)c1ccc(C(=O)NCC2(COC)CCNCC2)cc1.Cl. The fourth-order valence-corrected chi connectivity index (χ4v) is 4.30. The van der Waals surface area contributed by atoms with Gasteiger partial charge in [-0.15, -0.1) is 12.4 Å². The average molecular weight is 421 g/mol. The number of carbonyl (C=O) groups excluding carboxylic acids is 1. The number of methoxy groups -OCH3 is 2. The minimum Gasteiger partial charge on any atom is -0.384 e. The third-order valence-corrected chi connectivity index (χ3v) is 6.47. The Morgan fingerprint density at radius 2 is 1.78 bits per heavy atom. The molecular weight excluding hydrogens is 392 g/mol. The molecule has 7 nitrogen and oxygen atoms in total. The summed E-state index contributed by atoms with van der Waals surface area (Å²) in [4.78, 5) is 12.6. The molecule has 0 aliphatic carbocycles. The Balaban J connectivity index is 0.00000364. The van der Waals surface area contributed by atoms with Gasteiger partial charge in [0.2, 0.25) is 0 Å². The van der Waals surface area contributed by atoms with E-state index in [2.05, 4.69) is 10.6 Å². The normalized spacial score (nSPS) is 16.4. The van der Waals surface area contributed by atoms with Crippen LogP contribution in [-0.4, -0.2) is 67.1 Å². The van der Waals surface area contributed by atoms with Crippen LogP contribution in [0.2, 0.25) is 0 Å². The zero-order chi connectivity index (χ0) is 19.0. The molecule has 0 unspecified atom stereocenters. The lowest BCUT2D eigenvalue weighted by atomic mass is 9.79. The molecule has 1 saturated heterocycles. The maximum Gasteiger partial charge on any atom is 0.251 e. The molecule has 0 bridgehead atoms. The second-order valence-electron chi connectivity index (χ2n) is 6.70. The first kappa shape index (κ1) is 23.8. The highest BCUT2D eigenvalue weighted by molar-refractivity contribution is 7.91. The maximum absolute atomic E-state index is 12.4. The van der Waals surface area contributed by atoms with Crippen molar-refractivity contribution in [3.05, 3.63) is 29.8 Å². The van der Waals surface area contributed by atoms with Crippen molar-refractivity contribution < 1.29 is 22.7 Å². The van der Waals surface area contributed by atoms with Crippen LogP contribution in [0.5, 0.6) is 0 Å². The quantitative estimate of drug-likeness (QED) is 0.625. The molecule has 1 amide bonds. The van der Waals surface area contributed by atoms with Gasteiger partial charge in [0, 0.05) is 31.7 Å². The summed E-state index contributed by atoms with van der Waals surface area (Å²) < 4.78 is 34.4. The number of hydrogen-bond acceptors (Lipinski definition) is 6. The highest BCUT2D eigenvalue weighted by atomic mass is 35.5. The summed E-state index contributed by atoms with van der Waals surface area (Å²) in [6, 6.07) is 6.02. The average Bonchev–Trinajstić information content (AvgIpc) is 2.66. The van der Waals surface area contributed by atoms with Crippen molar-refractivity contribution in [2.75, 3.05) is 52.8 Å². The van der Waals surface area contributed by atoms with Gasteiger partial charge in [-0.05, 0) is 50.2 Å². The number of piperidine rings is 1. The van der Waals surface area contributed by atoms with Gasteiger partial charge in [0.1, 0.15) is 0 Å². The molecule has 1 fully saturated rings. The second-order valence-corrected chi connectivity index (χ2v) is 8.81. The third kappa shape index (κ3) is 6.73. The number of benzene rings is 1. The molecule has 0 atom stereocenters. The molecule has 9 heteroatoms. The smallest absolute Gasteiger partial charge is 0.251 e. The molecule has 1 aromatic rings. The molecule has 154 valence electrons. The predicted octanol–water partition coefficient (Wildman–Crippen LogP) is 1.27. The van der Waals surface area contributed by atoms with E-state index in [-0.39, 0.29) is 41.0 Å². The molecule has 1 aromatic carbocycles. The van der Waals surface area contributed by atoms with Gasteiger partial charge in [-0.25, -0.2) is 8.42 Å². The van der Waals surface area contributed by atoms with E-state index in [0.717, 1.165) is 25.9 Å². The standard InChI is InChI=1S/C18H28N2O5S.ClH/c1-24-11-12-26(22,23)16-5-3-15(4-6-16)17(21)20-13-18(14-25-2)7-9-19-10-8-18;/h3-6,19H,7-14H2,1-2H3,(H,20,21);1H. The van der Waals surface area contributed by atoms with Crippen molar-refractivity contribution in [3.63, 3.8) is 0 Å². The van der Waals surface area contributed by atoms with Crippen molar-refractivity contribution in [2.24, 2.45) is 5.41 Å². The molecule has 0 radical (unpaired) electrons. The van der Waals surface area contributed by atoms with Crippen LogP contribution in [0, 0.1) is 5.41 Å². The first-order valence-electron chi connectivity index (χ1n) is 8.72. The Labute approximate surface area is 167 Å². The van der Waals surface area contributed by atoms with Crippen molar-refractivity contribution in [1.29, 1.82) is 0 Å². The van der Waals surface area contributed by atoms with Crippen molar-refractivity contribution in [1.82, 2.24) is 10.6 Å². The Bertz CT molecular complexity index is 683. The predicted molar refractivity (Wildman–Crippen MR) is 106 cm³/mol. The molecule has 0 spiro atoms. The number of nitrogens with one attached hydrogen (secondary N) is 2. The van der Waals surface area contributed by atoms with E-state index in [1.54, 1.807) is 19.2 Å². The third-order valence-electron chi connectivity index (χ3n) is 4.77. The van der Waals surface area contributed by atoms with E-state index in [1.807, 2.05) is 0 Å².